The highest BCUT2D eigenvalue weighted by Gasteiger charge is 2.45. The minimum absolute atomic E-state index is 0.0135. The molecule has 2 heterocycles. The van der Waals surface area contributed by atoms with E-state index in [0.717, 1.165) is 50.0 Å². The lowest BCUT2D eigenvalue weighted by molar-refractivity contribution is -0.124. The first-order chi connectivity index (χ1) is 15.2. The van der Waals surface area contributed by atoms with E-state index in [1.165, 1.54) is 5.56 Å². The van der Waals surface area contributed by atoms with Crippen LogP contribution in [0.15, 0.2) is 48.5 Å². The average molecular weight is 420 g/mol. The molecule has 2 aromatic rings. The van der Waals surface area contributed by atoms with Crippen LogP contribution in [0.3, 0.4) is 0 Å². The van der Waals surface area contributed by atoms with E-state index in [2.05, 4.69) is 36.2 Å². The van der Waals surface area contributed by atoms with Crippen molar-refractivity contribution in [1.82, 2.24) is 15.1 Å². The van der Waals surface area contributed by atoms with Gasteiger partial charge in [0, 0.05) is 25.2 Å². The smallest absolute Gasteiger partial charge is 0.254 e. The van der Waals surface area contributed by atoms with Gasteiger partial charge in [-0.1, -0.05) is 56.3 Å². The van der Waals surface area contributed by atoms with E-state index >= 15 is 0 Å². The van der Waals surface area contributed by atoms with Gasteiger partial charge in [-0.3, -0.25) is 9.59 Å². The summed E-state index contributed by atoms with van der Waals surface area (Å²) in [4.78, 5) is 31.1. The Bertz CT molecular complexity index is 936. The molecule has 2 amide bonds. The molecule has 2 aromatic carbocycles. The summed E-state index contributed by atoms with van der Waals surface area (Å²) < 4.78 is 0. The summed E-state index contributed by atoms with van der Waals surface area (Å²) in [5.41, 5.74) is 3.86. The van der Waals surface area contributed by atoms with E-state index in [1.807, 2.05) is 41.3 Å². The second-order valence-electron chi connectivity index (χ2n) is 8.59. The Labute approximate surface area is 185 Å². The number of hydrogen-bond donors (Lipinski definition) is 1. The number of nitrogens with zero attached hydrogens (tertiary/aromatic N) is 2. The van der Waals surface area contributed by atoms with Gasteiger partial charge in [0.25, 0.3) is 5.91 Å². The molecule has 2 aliphatic rings. The summed E-state index contributed by atoms with van der Waals surface area (Å²) in [5.74, 6) is -0.336. The second kappa shape index (κ2) is 9.65. The van der Waals surface area contributed by atoms with E-state index in [9.17, 15) is 9.59 Å². The molecule has 2 unspecified atom stereocenters. The Morgan fingerprint density at radius 3 is 2.42 bits per heavy atom. The number of benzene rings is 2. The van der Waals surface area contributed by atoms with Crippen LogP contribution < -0.4 is 5.32 Å². The number of hydrogen-bond acceptors (Lipinski definition) is 3. The lowest BCUT2D eigenvalue weighted by atomic mass is 9.76. The zero-order valence-electron chi connectivity index (χ0n) is 18.6. The predicted molar refractivity (Wildman–Crippen MR) is 123 cm³/mol. The summed E-state index contributed by atoms with van der Waals surface area (Å²) in [6.45, 7) is 8.60. The highest BCUT2D eigenvalue weighted by Crippen LogP contribution is 2.45. The molecule has 0 aromatic heterocycles. The molecule has 5 heteroatoms. The Morgan fingerprint density at radius 1 is 1.00 bits per heavy atom. The van der Waals surface area contributed by atoms with E-state index in [1.54, 1.807) is 0 Å². The van der Waals surface area contributed by atoms with Crippen LogP contribution in [0, 0.1) is 0 Å². The maximum Gasteiger partial charge on any atom is 0.254 e. The first-order valence-electron chi connectivity index (χ1n) is 11.6. The van der Waals surface area contributed by atoms with Crippen molar-refractivity contribution < 1.29 is 9.59 Å². The molecule has 0 saturated heterocycles. The van der Waals surface area contributed by atoms with Crippen molar-refractivity contribution in [3.05, 3.63) is 70.8 Å². The Balaban J connectivity index is 1.62. The second-order valence-corrected chi connectivity index (χ2v) is 8.59. The maximum atomic E-state index is 13.6. The van der Waals surface area contributed by atoms with Gasteiger partial charge in [-0.25, -0.2) is 0 Å². The molecule has 4 rings (SSSR count). The fourth-order valence-corrected chi connectivity index (χ4v) is 5.17. The van der Waals surface area contributed by atoms with E-state index in [-0.39, 0.29) is 23.8 Å². The molecular weight excluding hydrogens is 386 g/mol. The Morgan fingerprint density at radius 2 is 1.68 bits per heavy atom. The largest absolute Gasteiger partial charge is 0.354 e. The molecular formula is C26H33N3O2. The highest BCUT2D eigenvalue weighted by atomic mass is 16.2. The van der Waals surface area contributed by atoms with Crippen molar-refractivity contribution in [2.45, 2.75) is 45.1 Å². The van der Waals surface area contributed by atoms with Gasteiger partial charge in [0.15, 0.2) is 0 Å². The third-order valence-corrected chi connectivity index (χ3v) is 6.52. The monoisotopic (exact) mass is 419 g/mol. The summed E-state index contributed by atoms with van der Waals surface area (Å²) in [7, 11) is 0. The summed E-state index contributed by atoms with van der Waals surface area (Å²) >= 11 is 0. The van der Waals surface area contributed by atoms with Crippen molar-refractivity contribution in [3.63, 3.8) is 0 Å². The van der Waals surface area contributed by atoms with E-state index in [0.29, 0.717) is 18.7 Å². The van der Waals surface area contributed by atoms with Gasteiger partial charge in [0.1, 0.15) is 0 Å². The predicted octanol–water partition coefficient (Wildman–Crippen LogP) is 3.76. The standard InChI is InChI=1S/C26H33N3O2/c1-3-15-28(16-4-2)18-14-27-25(30)23-21-11-7-8-12-22(21)26(31)29-17-13-19-9-5-6-10-20(19)24(23)29/h5-12,23-24H,3-4,13-18H2,1-2H3,(H,27,30). The van der Waals surface area contributed by atoms with Crippen LogP contribution in [0.4, 0.5) is 0 Å². The summed E-state index contributed by atoms with van der Waals surface area (Å²) in [6.07, 6.45) is 3.05. The van der Waals surface area contributed by atoms with Crippen molar-refractivity contribution in [3.8, 4) is 0 Å². The number of amides is 2. The van der Waals surface area contributed by atoms with Crippen LogP contribution in [0.25, 0.3) is 0 Å². The van der Waals surface area contributed by atoms with Crippen LogP contribution in [0.5, 0.6) is 0 Å². The van der Waals surface area contributed by atoms with Crippen molar-refractivity contribution in [2.24, 2.45) is 0 Å². The molecule has 0 spiro atoms. The van der Waals surface area contributed by atoms with Crippen molar-refractivity contribution in [2.75, 3.05) is 32.7 Å². The van der Waals surface area contributed by atoms with Crippen LogP contribution >= 0.6 is 0 Å². The van der Waals surface area contributed by atoms with Gasteiger partial charge in [-0.2, -0.15) is 0 Å². The van der Waals surface area contributed by atoms with E-state index < -0.39 is 0 Å². The third-order valence-electron chi connectivity index (χ3n) is 6.52. The minimum atomic E-state index is -0.388. The molecule has 31 heavy (non-hydrogen) atoms. The van der Waals surface area contributed by atoms with Crippen molar-refractivity contribution in [1.29, 1.82) is 0 Å². The molecule has 2 aliphatic heterocycles. The first kappa shape index (κ1) is 21.6. The van der Waals surface area contributed by atoms with Crippen LogP contribution in [-0.4, -0.2) is 54.3 Å². The number of nitrogens with one attached hydrogen (secondary N) is 1. The minimum Gasteiger partial charge on any atom is -0.354 e. The first-order valence-corrected chi connectivity index (χ1v) is 11.6. The lowest BCUT2D eigenvalue weighted by Crippen LogP contribution is -2.50. The van der Waals surface area contributed by atoms with Gasteiger partial charge in [0.05, 0.1) is 12.0 Å². The zero-order valence-corrected chi connectivity index (χ0v) is 18.6. The topological polar surface area (TPSA) is 52.7 Å². The molecule has 0 aliphatic carbocycles. The normalized spacial score (nSPS) is 19.6. The number of rotatable bonds is 8. The molecule has 0 bridgehead atoms. The fraction of sp³-hybridized carbons (Fsp3) is 0.462. The van der Waals surface area contributed by atoms with Crippen LogP contribution in [-0.2, 0) is 11.2 Å². The molecule has 1 N–H and O–H groups in total. The van der Waals surface area contributed by atoms with Crippen molar-refractivity contribution >= 4 is 11.8 Å². The van der Waals surface area contributed by atoms with Gasteiger partial charge < -0.3 is 15.1 Å². The SMILES string of the molecule is CCCN(CCC)CCNC(=O)C1c2ccccc2C(=O)N2CCc3ccccc3C12. The molecule has 2 atom stereocenters. The molecule has 0 fully saturated rings. The molecule has 164 valence electrons. The van der Waals surface area contributed by atoms with Gasteiger partial charge >= 0.3 is 0 Å². The number of carbonyl (C=O) groups excluding carboxylic acids is 2. The summed E-state index contributed by atoms with van der Waals surface area (Å²) in [5, 5.41) is 3.20. The lowest BCUT2D eigenvalue weighted by Gasteiger charge is -2.45. The number of carbonyl (C=O) groups is 2. The summed E-state index contributed by atoms with van der Waals surface area (Å²) in [6, 6.07) is 15.6. The van der Waals surface area contributed by atoms with Crippen LogP contribution in [0.1, 0.15) is 65.7 Å². The van der Waals surface area contributed by atoms with Gasteiger partial charge in [-0.15, -0.1) is 0 Å². The zero-order chi connectivity index (χ0) is 21.8. The third kappa shape index (κ3) is 4.24. The maximum absolute atomic E-state index is 13.6. The molecule has 0 radical (unpaired) electrons. The van der Waals surface area contributed by atoms with E-state index in [4.69, 9.17) is 0 Å². The number of fused-ring (bicyclic) bond motifs is 4. The molecule has 0 saturated carbocycles. The molecule has 5 nitrogen and oxygen atoms in total. The highest BCUT2D eigenvalue weighted by molar-refractivity contribution is 6.01. The Hall–Kier alpha value is -2.66. The van der Waals surface area contributed by atoms with Crippen LogP contribution in [0.2, 0.25) is 0 Å². The quantitative estimate of drug-likeness (QED) is 0.709. The average Bonchev–Trinajstić information content (AvgIpc) is 2.79. The fourth-order valence-electron chi connectivity index (χ4n) is 5.17. The van der Waals surface area contributed by atoms with Gasteiger partial charge in [0.2, 0.25) is 5.91 Å². The Kier molecular flexibility index (Phi) is 6.71. The van der Waals surface area contributed by atoms with Gasteiger partial charge in [-0.05, 0) is 55.1 Å².